The molecule has 0 aromatic carbocycles. The first-order valence-electron chi connectivity index (χ1n) is 6.04. The van der Waals surface area contributed by atoms with Crippen LogP contribution in [0, 0.1) is 0 Å². The van der Waals surface area contributed by atoms with Gasteiger partial charge in [-0.2, -0.15) is 9.97 Å². The number of morpholine rings is 1. The van der Waals surface area contributed by atoms with Crippen LogP contribution in [0.2, 0.25) is 0 Å². The SMILES string of the molecule is CN1CCOC(c2nc(N)nc(C3CC3)n2)C1. The summed E-state index contributed by atoms with van der Waals surface area (Å²) in [5, 5.41) is 0. The van der Waals surface area contributed by atoms with E-state index in [1.54, 1.807) is 0 Å². The highest BCUT2D eigenvalue weighted by Gasteiger charge is 2.29. The monoisotopic (exact) mass is 235 g/mol. The normalized spacial score (nSPS) is 26.1. The topological polar surface area (TPSA) is 77.2 Å². The molecule has 3 rings (SSSR count). The highest BCUT2D eigenvalue weighted by atomic mass is 16.5. The Kier molecular flexibility index (Phi) is 2.68. The highest BCUT2D eigenvalue weighted by Crippen LogP contribution is 2.38. The van der Waals surface area contributed by atoms with Gasteiger partial charge in [0.2, 0.25) is 5.95 Å². The summed E-state index contributed by atoms with van der Waals surface area (Å²) in [6.45, 7) is 2.48. The van der Waals surface area contributed by atoms with E-state index in [9.17, 15) is 0 Å². The van der Waals surface area contributed by atoms with Crippen molar-refractivity contribution in [1.29, 1.82) is 0 Å². The largest absolute Gasteiger partial charge is 0.368 e. The van der Waals surface area contributed by atoms with Crippen LogP contribution in [0.15, 0.2) is 0 Å². The molecule has 2 aliphatic rings. The maximum atomic E-state index is 5.73. The Labute approximate surface area is 100 Å². The van der Waals surface area contributed by atoms with Gasteiger partial charge in [-0.05, 0) is 19.9 Å². The minimum absolute atomic E-state index is 0.0726. The van der Waals surface area contributed by atoms with Crippen LogP contribution in [0.25, 0.3) is 0 Å². The molecule has 1 saturated carbocycles. The van der Waals surface area contributed by atoms with Crippen LogP contribution >= 0.6 is 0 Å². The molecule has 0 spiro atoms. The zero-order valence-corrected chi connectivity index (χ0v) is 9.96. The Hall–Kier alpha value is -1.27. The lowest BCUT2D eigenvalue weighted by atomic mass is 10.2. The van der Waals surface area contributed by atoms with E-state index < -0.39 is 0 Å². The standard InChI is InChI=1S/C11H17N5O/c1-16-4-5-17-8(6-16)10-13-9(7-2-3-7)14-11(12)15-10/h7-8H,2-6H2,1H3,(H2,12,13,14,15). The fraction of sp³-hybridized carbons (Fsp3) is 0.727. The van der Waals surface area contributed by atoms with Gasteiger partial charge in [0, 0.05) is 19.0 Å². The van der Waals surface area contributed by atoms with Gasteiger partial charge in [-0.15, -0.1) is 0 Å². The van der Waals surface area contributed by atoms with Crippen molar-refractivity contribution in [2.24, 2.45) is 0 Å². The van der Waals surface area contributed by atoms with E-state index in [1.807, 2.05) is 0 Å². The number of hydrogen-bond acceptors (Lipinski definition) is 6. The van der Waals surface area contributed by atoms with E-state index >= 15 is 0 Å². The van der Waals surface area contributed by atoms with Gasteiger partial charge in [0.1, 0.15) is 11.9 Å². The van der Waals surface area contributed by atoms with E-state index in [0.29, 0.717) is 24.3 Å². The van der Waals surface area contributed by atoms with Gasteiger partial charge in [0.15, 0.2) is 5.82 Å². The third-order valence-electron chi connectivity index (χ3n) is 3.19. The van der Waals surface area contributed by atoms with E-state index in [-0.39, 0.29) is 6.10 Å². The Bertz CT molecular complexity index is 420. The molecule has 6 nitrogen and oxygen atoms in total. The second kappa shape index (κ2) is 4.19. The maximum Gasteiger partial charge on any atom is 0.223 e. The predicted octanol–water partition coefficient (Wildman–Crippen LogP) is 0.334. The van der Waals surface area contributed by atoms with Gasteiger partial charge in [-0.25, -0.2) is 4.98 Å². The molecular formula is C11H17N5O. The molecule has 1 unspecified atom stereocenters. The van der Waals surface area contributed by atoms with Gasteiger partial charge < -0.3 is 15.4 Å². The number of aromatic nitrogens is 3. The molecule has 1 aromatic heterocycles. The number of nitrogen functional groups attached to an aromatic ring is 1. The minimum Gasteiger partial charge on any atom is -0.368 e. The number of nitrogens with zero attached hydrogens (tertiary/aromatic N) is 4. The van der Waals surface area contributed by atoms with Crippen LogP contribution in [0.5, 0.6) is 0 Å². The first-order valence-corrected chi connectivity index (χ1v) is 6.04. The third kappa shape index (κ3) is 2.37. The molecule has 17 heavy (non-hydrogen) atoms. The minimum atomic E-state index is -0.0726. The van der Waals surface area contributed by atoms with Crippen molar-refractivity contribution >= 4 is 5.95 Å². The molecule has 0 bridgehead atoms. The quantitative estimate of drug-likeness (QED) is 0.796. The Balaban J connectivity index is 1.85. The molecule has 1 saturated heterocycles. The molecule has 0 radical (unpaired) electrons. The summed E-state index contributed by atoms with van der Waals surface area (Å²) >= 11 is 0. The van der Waals surface area contributed by atoms with Crippen LogP contribution < -0.4 is 5.73 Å². The Morgan fingerprint density at radius 1 is 1.24 bits per heavy atom. The molecule has 1 aliphatic carbocycles. The summed E-state index contributed by atoms with van der Waals surface area (Å²) in [7, 11) is 2.07. The lowest BCUT2D eigenvalue weighted by Crippen LogP contribution is -2.36. The van der Waals surface area contributed by atoms with Crippen LogP contribution in [-0.4, -0.2) is 46.6 Å². The van der Waals surface area contributed by atoms with Crippen molar-refractivity contribution in [2.45, 2.75) is 24.9 Å². The van der Waals surface area contributed by atoms with Crippen molar-refractivity contribution in [3.8, 4) is 0 Å². The third-order valence-corrected chi connectivity index (χ3v) is 3.19. The summed E-state index contributed by atoms with van der Waals surface area (Å²) in [4.78, 5) is 15.1. The molecule has 2 N–H and O–H groups in total. The van der Waals surface area contributed by atoms with Crippen molar-refractivity contribution < 1.29 is 4.74 Å². The number of nitrogens with two attached hydrogens (primary N) is 1. The Morgan fingerprint density at radius 2 is 2.00 bits per heavy atom. The van der Waals surface area contributed by atoms with Crippen molar-refractivity contribution in [3.05, 3.63) is 11.6 Å². The molecule has 2 fully saturated rings. The van der Waals surface area contributed by atoms with Gasteiger partial charge in [0.05, 0.1) is 6.61 Å². The van der Waals surface area contributed by atoms with E-state index in [4.69, 9.17) is 10.5 Å². The lowest BCUT2D eigenvalue weighted by Gasteiger charge is -2.29. The summed E-state index contributed by atoms with van der Waals surface area (Å²) in [6, 6.07) is 0. The van der Waals surface area contributed by atoms with Gasteiger partial charge in [-0.1, -0.05) is 0 Å². The number of hydrogen-bond donors (Lipinski definition) is 1. The predicted molar refractivity (Wildman–Crippen MR) is 62.4 cm³/mol. The average molecular weight is 235 g/mol. The molecule has 1 aromatic rings. The number of ether oxygens (including phenoxy) is 1. The molecule has 0 amide bonds. The van der Waals surface area contributed by atoms with E-state index in [0.717, 1.165) is 31.8 Å². The van der Waals surface area contributed by atoms with E-state index in [1.165, 1.54) is 0 Å². The summed E-state index contributed by atoms with van der Waals surface area (Å²) in [6.07, 6.45) is 2.25. The zero-order valence-electron chi connectivity index (χ0n) is 9.96. The number of rotatable bonds is 2. The number of anilines is 1. The van der Waals surface area contributed by atoms with Crippen molar-refractivity contribution in [3.63, 3.8) is 0 Å². The van der Waals surface area contributed by atoms with Crippen LogP contribution in [0.4, 0.5) is 5.95 Å². The fourth-order valence-corrected chi connectivity index (χ4v) is 2.03. The summed E-state index contributed by atoms with van der Waals surface area (Å²) in [5.41, 5.74) is 5.73. The molecule has 92 valence electrons. The lowest BCUT2D eigenvalue weighted by molar-refractivity contribution is -0.0256. The number of likely N-dealkylation sites (N-methyl/N-ethyl adjacent to an activating group) is 1. The summed E-state index contributed by atoms with van der Waals surface area (Å²) in [5.74, 6) is 2.32. The summed E-state index contributed by atoms with van der Waals surface area (Å²) < 4.78 is 5.69. The smallest absolute Gasteiger partial charge is 0.223 e. The van der Waals surface area contributed by atoms with Gasteiger partial charge >= 0.3 is 0 Å². The fourth-order valence-electron chi connectivity index (χ4n) is 2.03. The second-order valence-corrected chi connectivity index (χ2v) is 4.81. The van der Waals surface area contributed by atoms with Gasteiger partial charge in [-0.3, -0.25) is 0 Å². The van der Waals surface area contributed by atoms with Gasteiger partial charge in [0.25, 0.3) is 0 Å². The molecule has 1 aliphatic heterocycles. The zero-order chi connectivity index (χ0) is 11.8. The second-order valence-electron chi connectivity index (χ2n) is 4.81. The molecular weight excluding hydrogens is 218 g/mol. The van der Waals surface area contributed by atoms with Crippen LogP contribution in [0.1, 0.15) is 36.5 Å². The molecule has 2 heterocycles. The Morgan fingerprint density at radius 3 is 2.71 bits per heavy atom. The molecule has 6 heteroatoms. The van der Waals surface area contributed by atoms with Crippen molar-refractivity contribution in [2.75, 3.05) is 32.5 Å². The van der Waals surface area contributed by atoms with Crippen LogP contribution in [0.3, 0.4) is 0 Å². The maximum absolute atomic E-state index is 5.73. The average Bonchev–Trinajstić information content (AvgIpc) is 3.12. The van der Waals surface area contributed by atoms with Crippen molar-refractivity contribution in [1.82, 2.24) is 19.9 Å². The first kappa shape index (κ1) is 10.9. The van der Waals surface area contributed by atoms with Crippen LogP contribution in [-0.2, 0) is 4.74 Å². The highest BCUT2D eigenvalue weighted by molar-refractivity contribution is 5.20. The van der Waals surface area contributed by atoms with E-state index in [2.05, 4.69) is 26.9 Å². The molecule has 1 atom stereocenters. The first-order chi connectivity index (χ1) is 8.22.